The van der Waals surface area contributed by atoms with Crippen LogP contribution in [0.2, 0.25) is 0 Å². The van der Waals surface area contributed by atoms with Gasteiger partial charge in [-0.25, -0.2) is 4.39 Å². The van der Waals surface area contributed by atoms with E-state index < -0.39 is 5.60 Å². The van der Waals surface area contributed by atoms with Crippen molar-refractivity contribution in [3.63, 3.8) is 0 Å². The van der Waals surface area contributed by atoms with E-state index in [9.17, 15) is 9.50 Å². The van der Waals surface area contributed by atoms with Gasteiger partial charge in [-0.1, -0.05) is 25.1 Å². The predicted molar refractivity (Wildman–Crippen MR) is 73.3 cm³/mol. The monoisotopic (exact) mass is 259 g/mol. The summed E-state index contributed by atoms with van der Waals surface area (Å²) < 4.78 is 13.2. The van der Waals surface area contributed by atoms with Gasteiger partial charge in [-0.3, -0.25) is 4.98 Å². The minimum Gasteiger partial charge on any atom is -0.385 e. The Hall–Kier alpha value is -1.74. The van der Waals surface area contributed by atoms with Crippen LogP contribution in [-0.4, -0.2) is 10.1 Å². The van der Waals surface area contributed by atoms with Crippen LogP contribution in [0.1, 0.15) is 30.7 Å². The van der Waals surface area contributed by atoms with Crippen molar-refractivity contribution in [2.24, 2.45) is 0 Å². The van der Waals surface area contributed by atoms with E-state index in [1.165, 1.54) is 12.1 Å². The molecule has 1 heterocycles. The lowest BCUT2D eigenvalue weighted by molar-refractivity contribution is 0.0562. The molecule has 1 atom stereocenters. The number of nitrogens with zero attached hydrogens (tertiary/aromatic N) is 1. The van der Waals surface area contributed by atoms with Gasteiger partial charge in [-0.15, -0.1) is 0 Å². The van der Waals surface area contributed by atoms with Crippen LogP contribution in [0, 0.1) is 5.82 Å². The third kappa shape index (κ3) is 3.38. The second-order valence-electron chi connectivity index (χ2n) is 4.97. The Balaban J connectivity index is 2.20. The van der Waals surface area contributed by atoms with E-state index >= 15 is 0 Å². The molecule has 0 aliphatic heterocycles. The Bertz CT molecular complexity index is 549. The summed E-state index contributed by atoms with van der Waals surface area (Å²) in [5.74, 6) is -0.341. The number of benzene rings is 1. The van der Waals surface area contributed by atoms with Crippen LogP contribution in [0.3, 0.4) is 0 Å². The van der Waals surface area contributed by atoms with Crippen molar-refractivity contribution in [1.29, 1.82) is 0 Å². The summed E-state index contributed by atoms with van der Waals surface area (Å²) in [5, 5.41) is 10.5. The molecule has 0 amide bonds. The number of hydrogen-bond donors (Lipinski definition) is 1. The predicted octanol–water partition coefficient (Wildman–Crippen LogP) is 3.23. The summed E-state index contributed by atoms with van der Waals surface area (Å²) in [4.78, 5) is 4.33. The van der Waals surface area contributed by atoms with E-state index in [4.69, 9.17) is 0 Å². The summed E-state index contributed by atoms with van der Waals surface area (Å²) in [6.45, 7) is 3.75. The van der Waals surface area contributed by atoms with Crippen molar-refractivity contribution < 1.29 is 9.50 Å². The maximum Gasteiger partial charge on any atom is 0.123 e. The Morgan fingerprint density at radius 1 is 1.26 bits per heavy atom. The maximum atomic E-state index is 13.2. The largest absolute Gasteiger partial charge is 0.385 e. The summed E-state index contributed by atoms with van der Waals surface area (Å²) in [6.07, 6.45) is 3.12. The Morgan fingerprint density at radius 3 is 2.63 bits per heavy atom. The van der Waals surface area contributed by atoms with Crippen LogP contribution in [-0.2, 0) is 18.4 Å². The molecule has 0 spiro atoms. The van der Waals surface area contributed by atoms with Crippen LogP contribution in [0.15, 0.2) is 42.6 Å². The first-order valence-electron chi connectivity index (χ1n) is 6.43. The average molecular weight is 259 g/mol. The van der Waals surface area contributed by atoms with Crippen LogP contribution in [0.25, 0.3) is 0 Å². The van der Waals surface area contributed by atoms with Crippen LogP contribution in [0.4, 0.5) is 4.39 Å². The van der Waals surface area contributed by atoms with Gasteiger partial charge in [-0.2, -0.15) is 0 Å². The van der Waals surface area contributed by atoms with E-state index in [1.807, 2.05) is 18.3 Å². The molecule has 0 aliphatic carbocycles. The van der Waals surface area contributed by atoms with Crippen molar-refractivity contribution in [3.05, 3.63) is 65.2 Å². The summed E-state index contributed by atoms with van der Waals surface area (Å²) in [5.41, 5.74) is 1.40. The highest BCUT2D eigenvalue weighted by atomic mass is 19.1. The van der Waals surface area contributed by atoms with Crippen molar-refractivity contribution in [2.45, 2.75) is 32.3 Å². The molecule has 100 valence electrons. The molecule has 1 aromatic heterocycles. The van der Waals surface area contributed by atoms with Crippen molar-refractivity contribution in [3.8, 4) is 0 Å². The molecule has 0 saturated carbocycles. The minimum atomic E-state index is -1.12. The molecule has 0 radical (unpaired) electrons. The Kier molecular flexibility index (Phi) is 3.96. The van der Waals surface area contributed by atoms with Crippen LogP contribution < -0.4 is 0 Å². The third-order valence-corrected chi connectivity index (χ3v) is 3.27. The molecular weight excluding hydrogens is 241 g/mol. The second-order valence-corrected chi connectivity index (χ2v) is 4.97. The minimum absolute atomic E-state index is 0.341. The average Bonchev–Trinajstić information content (AvgIpc) is 2.39. The third-order valence-electron chi connectivity index (χ3n) is 3.27. The first kappa shape index (κ1) is 13.7. The molecule has 0 aliphatic rings. The maximum absolute atomic E-state index is 13.2. The first-order chi connectivity index (χ1) is 9.01. The van der Waals surface area contributed by atoms with Gasteiger partial charge in [0.05, 0.1) is 5.60 Å². The van der Waals surface area contributed by atoms with Crippen LogP contribution >= 0.6 is 0 Å². The van der Waals surface area contributed by atoms with E-state index in [1.54, 1.807) is 19.1 Å². The fourth-order valence-corrected chi connectivity index (χ4v) is 2.05. The number of halogens is 1. The van der Waals surface area contributed by atoms with Gasteiger partial charge in [0.2, 0.25) is 0 Å². The zero-order valence-electron chi connectivity index (χ0n) is 11.2. The lowest BCUT2D eigenvalue weighted by Gasteiger charge is -2.23. The lowest BCUT2D eigenvalue weighted by Crippen LogP contribution is -2.25. The molecule has 1 aromatic carbocycles. The van der Waals surface area contributed by atoms with E-state index in [0.29, 0.717) is 12.0 Å². The van der Waals surface area contributed by atoms with Gasteiger partial charge < -0.3 is 5.11 Å². The van der Waals surface area contributed by atoms with Gasteiger partial charge in [0, 0.05) is 18.3 Å². The highest BCUT2D eigenvalue weighted by Gasteiger charge is 2.24. The van der Waals surface area contributed by atoms with Gasteiger partial charge >= 0.3 is 0 Å². The highest BCUT2D eigenvalue weighted by Crippen LogP contribution is 2.25. The molecule has 1 unspecified atom stereocenters. The molecule has 2 rings (SSSR count). The van der Waals surface area contributed by atoms with Gasteiger partial charge in [0.25, 0.3) is 0 Å². The summed E-state index contributed by atoms with van der Waals surface area (Å²) >= 11 is 0. The van der Waals surface area contributed by atoms with Crippen LogP contribution in [0.5, 0.6) is 0 Å². The number of rotatable bonds is 4. The lowest BCUT2D eigenvalue weighted by atomic mass is 9.91. The number of hydrogen-bond acceptors (Lipinski definition) is 2. The Morgan fingerprint density at radius 2 is 2.05 bits per heavy atom. The molecule has 2 aromatic rings. The SMILES string of the molecule is CCc1ccc(CC(C)(O)c2cccc(F)c2)nc1. The molecule has 2 nitrogen and oxygen atoms in total. The topological polar surface area (TPSA) is 33.1 Å². The van der Waals surface area contributed by atoms with Gasteiger partial charge in [0.15, 0.2) is 0 Å². The standard InChI is InChI=1S/C16H18FNO/c1-3-12-7-8-15(18-11-12)10-16(2,19)13-5-4-6-14(17)9-13/h4-9,11,19H,3,10H2,1-2H3. The molecule has 1 N–H and O–H groups in total. The van der Waals surface area contributed by atoms with E-state index in [-0.39, 0.29) is 5.82 Å². The number of pyridine rings is 1. The molecule has 0 saturated heterocycles. The van der Waals surface area contributed by atoms with Gasteiger partial charge in [0.1, 0.15) is 5.82 Å². The fraction of sp³-hybridized carbons (Fsp3) is 0.312. The summed E-state index contributed by atoms with van der Waals surface area (Å²) in [6, 6.07) is 9.97. The molecule has 3 heteroatoms. The summed E-state index contributed by atoms with van der Waals surface area (Å²) in [7, 11) is 0. The van der Waals surface area contributed by atoms with Gasteiger partial charge in [-0.05, 0) is 42.7 Å². The van der Waals surface area contributed by atoms with Crippen molar-refractivity contribution >= 4 is 0 Å². The van der Waals surface area contributed by atoms with E-state index in [0.717, 1.165) is 17.7 Å². The fourth-order valence-electron chi connectivity index (χ4n) is 2.05. The van der Waals surface area contributed by atoms with Crippen molar-refractivity contribution in [1.82, 2.24) is 4.98 Å². The zero-order chi connectivity index (χ0) is 13.9. The smallest absolute Gasteiger partial charge is 0.123 e. The quantitative estimate of drug-likeness (QED) is 0.914. The van der Waals surface area contributed by atoms with Crippen molar-refractivity contribution in [2.75, 3.05) is 0 Å². The zero-order valence-corrected chi connectivity index (χ0v) is 11.2. The number of aromatic nitrogens is 1. The normalized spacial score (nSPS) is 14.1. The second kappa shape index (κ2) is 5.49. The molecule has 0 bridgehead atoms. The number of aliphatic hydroxyl groups is 1. The Labute approximate surface area is 112 Å². The first-order valence-corrected chi connectivity index (χ1v) is 6.43. The molecule has 0 fully saturated rings. The van der Waals surface area contributed by atoms with E-state index in [2.05, 4.69) is 11.9 Å². The number of aryl methyl sites for hydroxylation is 1. The highest BCUT2D eigenvalue weighted by molar-refractivity contribution is 5.25. The molecule has 19 heavy (non-hydrogen) atoms. The molecular formula is C16H18FNO.